The molecule has 0 aliphatic carbocycles. The second kappa shape index (κ2) is 13.8. The zero-order chi connectivity index (χ0) is 39.6. The molecule has 0 atom stereocenters. The number of benzene rings is 10. The van der Waals surface area contributed by atoms with Crippen molar-refractivity contribution < 1.29 is 0 Å². The number of para-hydroxylation sites is 4. The van der Waals surface area contributed by atoms with Gasteiger partial charge in [-0.2, -0.15) is 0 Å². The Kier molecular flexibility index (Phi) is 7.82. The summed E-state index contributed by atoms with van der Waals surface area (Å²) < 4.78 is 2.29. The normalized spacial score (nSPS) is 11.7. The maximum absolute atomic E-state index is 5.55. The minimum absolute atomic E-state index is 0.641. The van der Waals surface area contributed by atoms with E-state index < -0.39 is 0 Å². The lowest BCUT2D eigenvalue weighted by Crippen LogP contribution is -2.10. The molecule has 0 amide bonds. The second-order valence-corrected chi connectivity index (χ2v) is 15.4. The molecule has 0 N–H and O–H groups in total. The second-order valence-electron chi connectivity index (χ2n) is 15.4. The maximum Gasteiger partial charge on any atom is 0.235 e. The van der Waals surface area contributed by atoms with Gasteiger partial charge in [-0.15, -0.1) is 0 Å². The SMILES string of the molecule is c1ccc(N(c2ccccc2)c2cc(-c3cc4c(c5ccccc35)c3ccccc3n4-c3nc(-c4cccc5ccccc45)c4ccccc4n3)c3ccccc3c2)cc1. The number of anilines is 3. The molecule has 0 unspecified atom stereocenters. The van der Waals surface area contributed by atoms with Crippen LogP contribution in [-0.4, -0.2) is 14.5 Å². The monoisotopic (exact) mass is 764 g/mol. The molecule has 2 aromatic heterocycles. The molecule has 280 valence electrons. The molecule has 0 radical (unpaired) electrons. The Hall–Kier alpha value is -8.08. The minimum atomic E-state index is 0.641. The van der Waals surface area contributed by atoms with Gasteiger partial charge in [0.25, 0.3) is 0 Å². The average Bonchev–Trinajstić information content (AvgIpc) is 3.66. The molecule has 0 saturated heterocycles. The van der Waals surface area contributed by atoms with Crippen LogP contribution in [0, 0.1) is 0 Å². The first-order valence-corrected chi connectivity index (χ1v) is 20.4. The van der Waals surface area contributed by atoms with Crippen molar-refractivity contribution in [3.8, 4) is 28.3 Å². The van der Waals surface area contributed by atoms with Crippen molar-refractivity contribution in [2.75, 3.05) is 4.90 Å². The summed E-state index contributed by atoms with van der Waals surface area (Å²) in [5, 5.41) is 10.5. The van der Waals surface area contributed by atoms with Crippen molar-refractivity contribution >= 4 is 82.1 Å². The summed E-state index contributed by atoms with van der Waals surface area (Å²) in [6.45, 7) is 0. The van der Waals surface area contributed by atoms with Gasteiger partial charge in [0, 0.05) is 38.8 Å². The van der Waals surface area contributed by atoms with E-state index in [0.29, 0.717) is 5.95 Å². The summed E-state index contributed by atoms with van der Waals surface area (Å²) in [4.78, 5) is 13.3. The van der Waals surface area contributed by atoms with Crippen LogP contribution in [0.15, 0.2) is 218 Å². The molecule has 0 saturated carbocycles. The number of aromatic nitrogens is 3. The summed E-state index contributed by atoms with van der Waals surface area (Å²) in [7, 11) is 0. The van der Waals surface area contributed by atoms with Crippen LogP contribution in [0.5, 0.6) is 0 Å². The third kappa shape index (κ3) is 5.39. The zero-order valence-electron chi connectivity index (χ0n) is 32.6. The number of rotatable bonds is 6. The van der Waals surface area contributed by atoms with E-state index in [9.17, 15) is 0 Å². The third-order valence-electron chi connectivity index (χ3n) is 11.9. The third-order valence-corrected chi connectivity index (χ3v) is 11.9. The van der Waals surface area contributed by atoms with Gasteiger partial charge in [-0.05, 0) is 98.0 Å². The topological polar surface area (TPSA) is 34.0 Å². The quantitative estimate of drug-likeness (QED) is 0.169. The van der Waals surface area contributed by atoms with Crippen molar-refractivity contribution in [3.63, 3.8) is 0 Å². The summed E-state index contributed by atoms with van der Waals surface area (Å²) in [6, 6.07) is 78.1. The van der Waals surface area contributed by atoms with Crippen molar-refractivity contribution in [2.24, 2.45) is 0 Å². The Labute approximate surface area is 346 Å². The standard InChI is InChI=1S/C56H36N4/c1-3-21-39(22-4-1)59(40-23-5-2-6-24-40)41-34-38-19-8-10-26-43(38)49(35-41)50-36-53-54(45-28-12-11-27-44(45)50)48-30-14-16-33-52(48)60(53)56-57-51-32-15-13-29-47(51)55(58-56)46-31-17-20-37-18-7-9-25-42(37)46/h1-36H. The summed E-state index contributed by atoms with van der Waals surface area (Å²) >= 11 is 0. The number of fused-ring (bicyclic) bond motifs is 8. The first-order chi connectivity index (χ1) is 29.8. The van der Waals surface area contributed by atoms with E-state index >= 15 is 0 Å². The molecule has 0 fully saturated rings. The minimum Gasteiger partial charge on any atom is -0.310 e. The Balaban J connectivity index is 1.18. The van der Waals surface area contributed by atoms with Gasteiger partial charge in [0.2, 0.25) is 5.95 Å². The fourth-order valence-corrected chi connectivity index (χ4v) is 9.32. The Bertz CT molecular complexity index is 3560. The lowest BCUT2D eigenvalue weighted by molar-refractivity contribution is 1.01. The molecule has 4 heteroatoms. The van der Waals surface area contributed by atoms with Gasteiger partial charge in [0.1, 0.15) is 0 Å². The lowest BCUT2D eigenvalue weighted by Gasteiger charge is -2.27. The van der Waals surface area contributed by atoms with Crippen LogP contribution < -0.4 is 4.90 Å². The first-order valence-electron chi connectivity index (χ1n) is 20.4. The van der Waals surface area contributed by atoms with E-state index in [2.05, 4.69) is 228 Å². The Morgan fingerprint density at radius 1 is 0.333 bits per heavy atom. The van der Waals surface area contributed by atoms with Crippen LogP contribution in [0.2, 0.25) is 0 Å². The van der Waals surface area contributed by atoms with E-state index in [4.69, 9.17) is 9.97 Å². The highest BCUT2D eigenvalue weighted by Gasteiger charge is 2.23. The van der Waals surface area contributed by atoms with E-state index in [1.807, 2.05) is 0 Å². The molecule has 4 nitrogen and oxygen atoms in total. The molecule has 0 bridgehead atoms. The molecular formula is C56H36N4. The van der Waals surface area contributed by atoms with Crippen LogP contribution in [0.3, 0.4) is 0 Å². The lowest BCUT2D eigenvalue weighted by atomic mass is 9.91. The van der Waals surface area contributed by atoms with Crippen molar-refractivity contribution in [2.45, 2.75) is 0 Å². The van der Waals surface area contributed by atoms with Crippen LogP contribution in [-0.2, 0) is 0 Å². The highest BCUT2D eigenvalue weighted by molar-refractivity contribution is 6.25. The van der Waals surface area contributed by atoms with Crippen molar-refractivity contribution in [3.05, 3.63) is 218 Å². The fourth-order valence-electron chi connectivity index (χ4n) is 9.32. The number of hydrogen-bond acceptors (Lipinski definition) is 3. The molecule has 0 aliphatic heterocycles. The highest BCUT2D eigenvalue weighted by atomic mass is 15.2. The fraction of sp³-hybridized carbons (Fsp3) is 0. The van der Waals surface area contributed by atoms with E-state index in [1.54, 1.807) is 0 Å². The zero-order valence-corrected chi connectivity index (χ0v) is 32.6. The average molecular weight is 765 g/mol. The van der Waals surface area contributed by atoms with Gasteiger partial charge in [-0.3, -0.25) is 4.57 Å². The Morgan fingerprint density at radius 2 is 0.883 bits per heavy atom. The molecule has 2 heterocycles. The van der Waals surface area contributed by atoms with Gasteiger partial charge in [-0.1, -0.05) is 164 Å². The molecule has 12 rings (SSSR count). The summed E-state index contributed by atoms with van der Waals surface area (Å²) in [5.74, 6) is 0.641. The Morgan fingerprint density at radius 3 is 1.63 bits per heavy atom. The van der Waals surface area contributed by atoms with Crippen LogP contribution in [0.25, 0.3) is 93.4 Å². The van der Waals surface area contributed by atoms with Crippen LogP contribution in [0.1, 0.15) is 0 Å². The molecule has 0 aliphatic rings. The van der Waals surface area contributed by atoms with Gasteiger partial charge >= 0.3 is 0 Å². The van der Waals surface area contributed by atoms with Crippen molar-refractivity contribution in [1.29, 1.82) is 0 Å². The maximum atomic E-state index is 5.55. The van der Waals surface area contributed by atoms with Crippen LogP contribution >= 0.6 is 0 Å². The summed E-state index contributed by atoms with van der Waals surface area (Å²) in [6.07, 6.45) is 0. The highest BCUT2D eigenvalue weighted by Crippen LogP contribution is 2.46. The molecular weight excluding hydrogens is 729 g/mol. The van der Waals surface area contributed by atoms with Gasteiger partial charge < -0.3 is 4.90 Å². The van der Waals surface area contributed by atoms with Crippen molar-refractivity contribution in [1.82, 2.24) is 14.5 Å². The summed E-state index contributed by atoms with van der Waals surface area (Å²) in [5.41, 5.74) is 10.6. The molecule has 10 aromatic carbocycles. The van der Waals surface area contributed by atoms with E-state index in [1.165, 1.54) is 32.3 Å². The smallest absolute Gasteiger partial charge is 0.235 e. The predicted octanol–water partition coefficient (Wildman–Crippen LogP) is 15.0. The number of nitrogens with zero attached hydrogens (tertiary/aromatic N) is 4. The van der Waals surface area contributed by atoms with Gasteiger partial charge in [0.05, 0.1) is 22.2 Å². The van der Waals surface area contributed by atoms with Gasteiger partial charge in [-0.25, -0.2) is 9.97 Å². The van der Waals surface area contributed by atoms with Gasteiger partial charge in [0.15, 0.2) is 0 Å². The molecule has 60 heavy (non-hydrogen) atoms. The predicted molar refractivity (Wildman–Crippen MR) is 252 cm³/mol. The largest absolute Gasteiger partial charge is 0.310 e. The van der Waals surface area contributed by atoms with E-state index in [-0.39, 0.29) is 0 Å². The molecule has 12 aromatic rings. The van der Waals surface area contributed by atoms with E-state index in [0.717, 1.165) is 72.2 Å². The van der Waals surface area contributed by atoms with Crippen LogP contribution in [0.4, 0.5) is 17.1 Å². The molecule has 0 spiro atoms. The number of hydrogen-bond donors (Lipinski definition) is 0. The first kappa shape index (κ1) is 34.0.